The van der Waals surface area contributed by atoms with Crippen LogP contribution in [0, 0.1) is 17.1 Å². The Hall–Kier alpha value is -2.64. The van der Waals surface area contributed by atoms with Gasteiger partial charge in [-0.15, -0.1) is 0 Å². The number of rotatable bonds is 1. The Morgan fingerprint density at radius 2 is 1.90 bits per heavy atom. The molecule has 0 fully saturated rings. The van der Waals surface area contributed by atoms with Crippen molar-refractivity contribution in [2.24, 2.45) is 0 Å². The van der Waals surface area contributed by atoms with Gasteiger partial charge in [-0.2, -0.15) is 5.26 Å². The van der Waals surface area contributed by atoms with Gasteiger partial charge in [0.1, 0.15) is 17.4 Å². The molecule has 0 unspecified atom stereocenters. The standard InChI is InChI=1S/C16H8ClFN2O/c17-10-6-11-14(9-4-2-1-3-5-9)12(8-19)16(21)20-15(11)13(18)7-10/h1-7H,(H,20,21). The number of hydrogen-bond donors (Lipinski definition) is 1. The number of aromatic nitrogens is 1. The number of hydrogen-bond acceptors (Lipinski definition) is 2. The zero-order valence-electron chi connectivity index (χ0n) is 10.7. The van der Waals surface area contributed by atoms with Gasteiger partial charge in [-0.3, -0.25) is 4.79 Å². The average molecular weight is 299 g/mol. The number of pyridine rings is 1. The first-order valence-corrected chi connectivity index (χ1v) is 6.50. The Morgan fingerprint density at radius 3 is 2.57 bits per heavy atom. The molecule has 0 amide bonds. The lowest BCUT2D eigenvalue weighted by molar-refractivity contribution is 0.636. The van der Waals surface area contributed by atoms with Gasteiger partial charge in [0.25, 0.3) is 5.56 Å². The third kappa shape index (κ3) is 2.18. The number of benzene rings is 2. The van der Waals surface area contributed by atoms with Crippen molar-refractivity contribution in [2.45, 2.75) is 0 Å². The van der Waals surface area contributed by atoms with Crippen molar-refractivity contribution in [1.29, 1.82) is 5.26 Å². The van der Waals surface area contributed by atoms with Crippen LogP contribution in [0.5, 0.6) is 0 Å². The van der Waals surface area contributed by atoms with E-state index in [9.17, 15) is 14.4 Å². The van der Waals surface area contributed by atoms with Crippen molar-refractivity contribution in [3.8, 4) is 17.2 Å². The number of H-pyrrole nitrogens is 1. The first-order valence-electron chi connectivity index (χ1n) is 6.12. The van der Waals surface area contributed by atoms with Crippen LogP contribution in [0.3, 0.4) is 0 Å². The highest BCUT2D eigenvalue weighted by molar-refractivity contribution is 6.31. The third-order valence-electron chi connectivity index (χ3n) is 3.21. The summed E-state index contributed by atoms with van der Waals surface area (Å²) < 4.78 is 14.0. The molecule has 0 saturated carbocycles. The number of fused-ring (bicyclic) bond motifs is 1. The van der Waals surface area contributed by atoms with Gasteiger partial charge in [0.15, 0.2) is 0 Å². The third-order valence-corrected chi connectivity index (χ3v) is 3.43. The molecule has 1 N–H and O–H groups in total. The van der Waals surface area contributed by atoms with E-state index >= 15 is 0 Å². The van der Waals surface area contributed by atoms with Crippen LogP contribution < -0.4 is 5.56 Å². The molecule has 2 aromatic carbocycles. The zero-order valence-corrected chi connectivity index (χ0v) is 11.4. The van der Waals surface area contributed by atoms with Crippen LogP contribution in [0.4, 0.5) is 4.39 Å². The summed E-state index contributed by atoms with van der Waals surface area (Å²) in [6.45, 7) is 0. The number of nitrogens with zero attached hydrogens (tertiary/aromatic N) is 1. The van der Waals surface area contributed by atoms with Crippen molar-refractivity contribution in [2.75, 3.05) is 0 Å². The molecule has 5 heteroatoms. The zero-order chi connectivity index (χ0) is 15.0. The van der Waals surface area contributed by atoms with E-state index in [1.54, 1.807) is 30.3 Å². The molecule has 0 bridgehead atoms. The molecule has 1 aromatic heterocycles. The highest BCUT2D eigenvalue weighted by atomic mass is 35.5. The maximum Gasteiger partial charge on any atom is 0.267 e. The molecule has 0 aliphatic carbocycles. The first kappa shape index (κ1) is 13.3. The van der Waals surface area contributed by atoms with Gasteiger partial charge in [0, 0.05) is 16.0 Å². The fourth-order valence-corrected chi connectivity index (χ4v) is 2.54. The number of halogens is 2. The van der Waals surface area contributed by atoms with E-state index in [1.165, 1.54) is 0 Å². The lowest BCUT2D eigenvalue weighted by atomic mass is 9.97. The quantitative estimate of drug-likeness (QED) is 0.741. The van der Waals surface area contributed by atoms with Crippen LogP contribution in [0.2, 0.25) is 5.02 Å². The predicted octanol–water partition coefficient (Wildman–Crippen LogP) is 3.86. The first-order chi connectivity index (χ1) is 10.1. The van der Waals surface area contributed by atoms with Gasteiger partial charge >= 0.3 is 0 Å². The summed E-state index contributed by atoms with van der Waals surface area (Å²) in [7, 11) is 0. The second-order valence-corrected chi connectivity index (χ2v) is 4.93. The fourth-order valence-electron chi connectivity index (χ4n) is 2.33. The van der Waals surface area contributed by atoms with E-state index in [1.807, 2.05) is 12.1 Å². The summed E-state index contributed by atoms with van der Waals surface area (Å²) >= 11 is 5.90. The van der Waals surface area contributed by atoms with E-state index in [0.29, 0.717) is 16.5 Å². The normalized spacial score (nSPS) is 10.5. The van der Waals surface area contributed by atoms with Gasteiger partial charge < -0.3 is 4.98 Å². The minimum atomic E-state index is -0.628. The van der Waals surface area contributed by atoms with Crippen molar-refractivity contribution >= 4 is 22.5 Å². The van der Waals surface area contributed by atoms with Crippen molar-refractivity contribution in [3.63, 3.8) is 0 Å². The van der Waals surface area contributed by atoms with Crippen LogP contribution >= 0.6 is 11.6 Å². The Kier molecular flexibility index (Phi) is 3.20. The molecule has 0 saturated heterocycles. The van der Waals surface area contributed by atoms with E-state index in [2.05, 4.69) is 4.98 Å². The van der Waals surface area contributed by atoms with E-state index < -0.39 is 11.4 Å². The summed E-state index contributed by atoms with van der Waals surface area (Å²) in [6.07, 6.45) is 0. The monoisotopic (exact) mass is 298 g/mol. The average Bonchev–Trinajstić information content (AvgIpc) is 2.48. The molecule has 21 heavy (non-hydrogen) atoms. The summed E-state index contributed by atoms with van der Waals surface area (Å²) in [5, 5.41) is 9.87. The molecule has 0 radical (unpaired) electrons. The smallest absolute Gasteiger partial charge is 0.267 e. The Labute approximate surface area is 124 Å². The highest BCUT2D eigenvalue weighted by Gasteiger charge is 2.16. The van der Waals surface area contributed by atoms with Crippen molar-refractivity contribution < 1.29 is 4.39 Å². The summed E-state index contributed by atoms with van der Waals surface area (Å²) in [6, 6.07) is 13.4. The topological polar surface area (TPSA) is 56.6 Å². The summed E-state index contributed by atoms with van der Waals surface area (Å²) in [4.78, 5) is 14.4. The minimum absolute atomic E-state index is 0.0438. The Bertz CT molecular complexity index is 942. The minimum Gasteiger partial charge on any atom is -0.318 e. The lowest BCUT2D eigenvalue weighted by Gasteiger charge is -2.10. The van der Waals surface area contributed by atoms with Crippen LogP contribution in [0.15, 0.2) is 47.3 Å². The van der Waals surface area contributed by atoms with Gasteiger partial charge in [0.05, 0.1) is 5.52 Å². The van der Waals surface area contributed by atoms with Gasteiger partial charge in [0.2, 0.25) is 0 Å². The van der Waals surface area contributed by atoms with Gasteiger partial charge in [-0.05, 0) is 17.7 Å². The molecule has 3 aromatic rings. The SMILES string of the molecule is N#Cc1c(-c2ccccc2)c2cc(Cl)cc(F)c2[nH]c1=O. The molecule has 3 nitrogen and oxygen atoms in total. The molecule has 3 rings (SSSR count). The number of aromatic amines is 1. The van der Waals surface area contributed by atoms with Crippen LogP contribution in [-0.2, 0) is 0 Å². The second kappa shape index (κ2) is 5.04. The van der Waals surface area contributed by atoms with Crippen LogP contribution in [0.1, 0.15) is 5.56 Å². The number of nitrogens with one attached hydrogen (secondary N) is 1. The van der Waals surface area contributed by atoms with Crippen molar-refractivity contribution in [1.82, 2.24) is 4.98 Å². The largest absolute Gasteiger partial charge is 0.318 e. The lowest BCUT2D eigenvalue weighted by Crippen LogP contribution is -2.13. The maximum absolute atomic E-state index is 14.0. The molecular formula is C16H8ClFN2O. The molecular weight excluding hydrogens is 291 g/mol. The van der Waals surface area contributed by atoms with E-state index in [4.69, 9.17) is 11.6 Å². The number of nitriles is 1. The fraction of sp³-hybridized carbons (Fsp3) is 0. The van der Waals surface area contributed by atoms with E-state index in [-0.39, 0.29) is 16.1 Å². The Morgan fingerprint density at radius 1 is 1.19 bits per heavy atom. The molecule has 1 heterocycles. The highest BCUT2D eigenvalue weighted by Crippen LogP contribution is 2.32. The van der Waals surface area contributed by atoms with Gasteiger partial charge in [-0.25, -0.2) is 4.39 Å². The molecule has 0 aliphatic heterocycles. The molecule has 102 valence electrons. The van der Waals surface area contributed by atoms with Crippen molar-refractivity contribution in [3.05, 3.63) is 69.2 Å². The molecule has 0 atom stereocenters. The summed E-state index contributed by atoms with van der Waals surface area (Å²) in [5.74, 6) is -0.628. The van der Waals surface area contributed by atoms with Gasteiger partial charge in [-0.1, -0.05) is 41.9 Å². The predicted molar refractivity (Wildman–Crippen MR) is 79.7 cm³/mol. The van der Waals surface area contributed by atoms with E-state index in [0.717, 1.165) is 6.07 Å². The van der Waals surface area contributed by atoms with Crippen LogP contribution in [0.25, 0.3) is 22.0 Å². The Balaban J connectivity index is 2.57. The molecule has 0 aliphatic rings. The molecule has 0 spiro atoms. The maximum atomic E-state index is 14.0. The summed E-state index contributed by atoms with van der Waals surface area (Å²) in [5.41, 5.74) is 0.410. The van der Waals surface area contributed by atoms with Crippen LogP contribution in [-0.4, -0.2) is 4.98 Å². The second-order valence-electron chi connectivity index (χ2n) is 4.49.